The van der Waals surface area contributed by atoms with Crippen LogP contribution in [0.15, 0.2) is 54.6 Å². The maximum absolute atomic E-state index is 12.7. The Morgan fingerprint density at radius 2 is 1.11 bits per heavy atom. The molecular weight excluding hydrogens is 460 g/mol. The topological polar surface area (TPSA) is 44.8 Å². The van der Waals surface area contributed by atoms with Crippen LogP contribution in [0.3, 0.4) is 0 Å². The van der Waals surface area contributed by atoms with Gasteiger partial charge >= 0.3 is 5.97 Å². The molecule has 4 aromatic rings. The van der Waals surface area contributed by atoms with Crippen LogP contribution in [-0.4, -0.2) is 32.6 Å². The molecule has 0 aromatic heterocycles. The van der Waals surface area contributed by atoms with Gasteiger partial charge in [0.1, 0.15) is 13.4 Å². The number of hydrogen-bond donors (Lipinski definition) is 0. The third kappa shape index (κ3) is 7.90. The normalized spacial score (nSPS) is 11.7. The van der Waals surface area contributed by atoms with E-state index >= 15 is 0 Å². The molecule has 0 atom stereocenters. The van der Waals surface area contributed by atoms with Crippen LogP contribution in [0.1, 0.15) is 87.9 Å². The van der Waals surface area contributed by atoms with Crippen LogP contribution in [0.4, 0.5) is 0 Å². The quantitative estimate of drug-likeness (QED) is 0.0589. The van der Waals surface area contributed by atoms with Gasteiger partial charge in [0.2, 0.25) is 0 Å². The van der Waals surface area contributed by atoms with Crippen LogP contribution in [0.2, 0.25) is 0 Å². The van der Waals surface area contributed by atoms with Crippen molar-refractivity contribution in [1.82, 2.24) is 0 Å². The third-order valence-electron chi connectivity index (χ3n) is 7.22. The summed E-state index contributed by atoms with van der Waals surface area (Å²) in [5, 5.41) is 6.99. The molecule has 4 rings (SSSR count). The fraction of sp³-hybridized carbons (Fsp3) is 0.485. The number of rotatable bonds is 18. The number of carbonyl (C=O) groups is 1. The summed E-state index contributed by atoms with van der Waals surface area (Å²) in [4.78, 5) is 12.7. The van der Waals surface area contributed by atoms with Crippen molar-refractivity contribution in [3.63, 3.8) is 0 Å². The zero-order valence-electron chi connectivity index (χ0n) is 22.4. The van der Waals surface area contributed by atoms with Crippen molar-refractivity contribution < 1.29 is 19.0 Å². The highest BCUT2D eigenvalue weighted by molar-refractivity contribution is 6.23. The molecule has 0 radical (unpaired) electrons. The van der Waals surface area contributed by atoms with E-state index in [1.807, 2.05) is 12.1 Å². The fourth-order valence-corrected chi connectivity index (χ4v) is 5.19. The Hall–Kier alpha value is -2.69. The van der Waals surface area contributed by atoms with Crippen molar-refractivity contribution in [1.29, 1.82) is 0 Å². The van der Waals surface area contributed by atoms with E-state index in [0.29, 0.717) is 12.2 Å². The van der Waals surface area contributed by atoms with Gasteiger partial charge in [-0.25, -0.2) is 4.79 Å². The Kier molecular flexibility index (Phi) is 11.0. The van der Waals surface area contributed by atoms with Gasteiger partial charge in [-0.1, -0.05) is 114 Å². The maximum Gasteiger partial charge on any atom is 0.338 e. The monoisotopic (exact) mass is 502 g/mol. The summed E-state index contributed by atoms with van der Waals surface area (Å²) in [5.74, 6) is -0.323. The Morgan fingerprint density at radius 3 is 1.73 bits per heavy atom. The summed E-state index contributed by atoms with van der Waals surface area (Å²) in [6, 6.07) is 18.6. The molecular formula is C33H42O4. The largest absolute Gasteiger partial charge is 0.460 e. The first-order chi connectivity index (χ1) is 18.3. The predicted octanol–water partition coefficient (Wildman–Crippen LogP) is 9.04. The second-order valence-electron chi connectivity index (χ2n) is 10.1. The van der Waals surface area contributed by atoms with Crippen LogP contribution in [-0.2, 0) is 14.2 Å². The van der Waals surface area contributed by atoms with E-state index in [-0.39, 0.29) is 19.4 Å². The lowest BCUT2D eigenvalue weighted by molar-refractivity contribution is -0.0655. The molecule has 4 heteroatoms. The van der Waals surface area contributed by atoms with Gasteiger partial charge in [-0.2, -0.15) is 0 Å². The number of hydrogen-bond acceptors (Lipinski definition) is 4. The lowest BCUT2D eigenvalue weighted by Crippen LogP contribution is -2.12. The van der Waals surface area contributed by atoms with Crippen LogP contribution in [0, 0.1) is 0 Å². The van der Waals surface area contributed by atoms with Gasteiger partial charge in [0.15, 0.2) is 0 Å². The molecule has 0 unspecified atom stereocenters. The average molecular weight is 503 g/mol. The van der Waals surface area contributed by atoms with Crippen molar-refractivity contribution in [2.75, 3.05) is 26.6 Å². The van der Waals surface area contributed by atoms with Gasteiger partial charge in [-0.05, 0) is 50.9 Å². The number of carbonyl (C=O) groups excluding carboxylic acids is 1. The predicted molar refractivity (Wildman–Crippen MR) is 154 cm³/mol. The van der Waals surface area contributed by atoms with E-state index in [1.54, 1.807) is 0 Å². The highest BCUT2D eigenvalue weighted by Gasteiger charge is 2.13. The minimum atomic E-state index is -0.323. The molecule has 37 heavy (non-hydrogen) atoms. The molecule has 198 valence electrons. The molecule has 4 aromatic carbocycles. The van der Waals surface area contributed by atoms with E-state index in [4.69, 9.17) is 14.2 Å². The van der Waals surface area contributed by atoms with Crippen molar-refractivity contribution in [2.24, 2.45) is 0 Å². The molecule has 0 fully saturated rings. The summed E-state index contributed by atoms with van der Waals surface area (Å²) in [6.45, 7) is 3.78. The standard InChI is InChI=1S/C33H42O4/c1-2-3-4-5-6-7-8-9-10-11-12-20-35-25-36-21-22-37-33(34)30-23-28-18-16-26-14-13-15-27-17-19-29(24-30)32(28)31(26)27/h13-19,23-24H,2-12,20-22,25H2,1H3. The smallest absolute Gasteiger partial charge is 0.338 e. The third-order valence-corrected chi connectivity index (χ3v) is 7.22. The van der Waals surface area contributed by atoms with Crippen molar-refractivity contribution in [3.05, 3.63) is 60.2 Å². The van der Waals surface area contributed by atoms with Gasteiger partial charge in [-0.15, -0.1) is 0 Å². The van der Waals surface area contributed by atoms with Crippen molar-refractivity contribution in [3.8, 4) is 0 Å². The maximum atomic E-state index is 12.7. The van der Waals surface area contributed by atoms with Gasteiger partial charge < -0.3 is 14.2 Å². The van der Waals surface area contributed by atoms with E-state index in [0.717, 1.165) is 23.8 Å². The Morgan fingerprint density at radius 1 is 0.595 bits per heavy atom. The Labute approximate surface area is 221 Å². The van der Waals surface area contributed by atoms with Gasteiger partial charge in [-0.3, -0.25) is 0 Å². The van der Waals surface area contributed by atoms with Crippen molar-refractivity contribution in [2.45, 2.75) is 77.6 Å². The van der Waals surface area contributed by atoms with Gasteiger partial charge in [0, 0.05) is 6.61 Å². The zero-order valence-corrected chi connectivity index (χ0v) is 22.4. The molecule has 4 nitrogen and oxygen atoms in total. The first-order valence-electron chi connectivity index (χ1n) is 14.3. The fourth-order valence-electron chi connectivity index (χ4n) is 5.19. The van der Waals surface area contributed by atoms with Crippen LogP contribution in [0.25, 0.3) is 32.3 Å². The SMILES string of the molecule is CCCCCCCCCCCCCOCOCCOC(=O)c1cc2ccc3cccc4ccc(c1)c2c34. The first-order valence-corrected chi connectivity index (χ1v) is 14.3. The molecule has 0 aliphatic rings. The lowest BCUT2D eigenvalue weighted by atomic mass is 9.93. The summed E-state index contributed by atoms with van der Waals surface area (Å²) in [7, 11) is 0. The number of ether oxygens (including phenoxy) is 3. The molecule has 0 saturated carbocycles. The second kappa shape index (κ2) is 14.9. The molecule has 0 heterocycles. The molecule has 0 bridgehead atoms. The van der Waals surface area contributed by atoms with Gasteiger partial charge in [0.25, 0.3) is 0 Å². The molecule has 0 amide bonds. The van der Waals surface area contributed by atoms with E-state index < -0.39 is 0 Å². The highest BCUT2D eigenvalue weighted by Crippen LogP contribution is 2.35. The molecule has 0 N–H and O–H groups in total. The summed E-state index contributed by atoms with van der Waals surface area (Å²) in [5.41, 5.74) is 0.568. The second-order valence-corrected chi connectivity index (χ2v) is 10.1. The molecule has 0 aliphatic carbocycles. The van der Waals surface area contributed by atoms with E-state index in [2.05, 4.69) is 49.4 Å². The Balaban J connectivity index is 1.07. The minimum absolute atomic E-state index is 0.214. The minimum Gasteiger partial charge on any atom is -0.460 e. The summed E-state index contributed by atoms with van der Waals surface area (Å²) < 4.78 is 16.5. The zero-order chi connectivity index (χ0) is 25.7. The average Bonchev–Trinajstić information content (AvgIpc) is 2.93. The molecule has 0 spiro atoms. The van der Waals surface area contributed by atoms with E-state index in [1.165, 1.54) is 85.8 Å². The summed E-state index contributed by atoms with van der Waals surface area (Å²) in [6.07, 6.45) is 14.6. The highest BCUT2D eigenvalue weighted by atomic mass is 16.7. The van der Waals surface area contributed by atoms with Crippen LogP contribution in [0.5, 0.6) is 0 Å². The number of unbranched alkanes of at least 4 members (excludes halogenated alkanes) is 10. The van der Waals surface area contributed by atoms with Crippen LogP contribution < -0.4 is 0 Å². The molecule has 0 aliphatic heterocycles. The van der Waals surface area contributed by atoms with Crippen LogP contribution >= 0.6 is 0 Å². The summed E-state index contributed by atoms with van der Waals surface area (Å²) >= 11 is 0. The Bertz CT molecular complexity index is 1170. The first kappa shape index (κ1) is 27.3. The van der Waals surface area contributed by atoms with Crippen molar-refractivity contribution >= 4 is 38.3 Å². The number of benzene rings is 4. The van der Waals surface area contributed by atoms with Gasteiger partial charge in [0.05, 0.1) is 12.2 Å². The van der Waals surface area contributed by atoms with E-state index in [9.17, 15) is 4.79 Å². The molecule has 0 saturated heterocycles. The number of esters is 1. The lowest BCUT2D eigenvalue weighted by Gasteiger charge is -2.12.